The Balaban J connectivity index is 1.84. The van der Waals surface area contributed by atoms with Crippen LogP contribution in [0.2, 0.25) is 0 Å². The number of hydrogen-bond donors (Lipinski definition) is 2. The van der Waals surface area contributed by atoms with Crippen LogP contribution in [0.15, 0.2) is 22.7 Å². The van der Waals surface area contributed by atoms with Crippen molar-refractivity contribution in [3.63, 3.8) is 0 Å². The first-order valence-corrected chi connectivity index (χ1v) is 8.69. The van der Waals surface area contributed by atoms with Crippen molar-refractivity contribution in [1.82, 2.24) is 15.5 Å². The second-order valence-electron chi connectivity index (χ2n) is 7.11. The van der Waals surface area contributed by atoms with E-state index in [1.165, 1.54) is 6.07 Å². The standard InChI is InChI=1S/C18H22F2N4O2/c1-10(2)14(22-15(25)13-11(19)6-5-7-12(13)20)16-23-17(24-26-16)18(21)8-3-4-9-18/h5-7,10,14H,3-4,8-9,21H2,1-2H3,(H,22,25). The van der Waals surface area contributed by atoms with Crippen molar-refractivity contribution < 1.29 is 18.1 Å². The Morgan fingerprint density at radius 3 is 2.46 bits per heavy atom. The van der Waals surface area contributed by atoms with E-state index in [0.717, 1.165) is 37.8 Å². The largest absolute Gasteiger partial charge is 0.340 e. The molecule has 6 nitrogen and oxygen atoms in total. The first kappa shape index (κ1) is 18.4. The van der Waals surface area contributed by atoms with Gasteiger partial charge in [-0.3, -0.25) is 4.79 Å². The predicted octanol–water partition coefficient (Wildman–Crippen LogP) is 3.20. The van der Waals surface area contributed by atoms with Gasteiger partial charge in [0.05, 0.1) is 5.54 Å². The number of aromatic nitrogens is 2. The van der Waals surface area contributed by atoms with E-state index in [1.807, 2.05) is 13.8 Å². The van der Waals surface area contributed by atoms with Gasteiger partial charge in [0.1, 0.15) is 23.2 Å². The molecule has 8 heteroatoms. The second-order valence-corrected chi connectivity index (χ2v) is 7.11. The summed E-state index contributed by atoms with van der Waals surface area (Å²) < 4.78 is 33.0. The third kappa shape index (κ3) is 3.46. The number of benzene rings is 1. The number of halogens is 2. The molecule has 3 N–H and O–H groups in total. The summed E-state index contributed by atoms with van der Waals surface area (Å²) in [6.45, 7) is 3.67. The highest BCUT2D eigenvalue weighted by Gasteiger charge is 2.37. The first-order chi connectivity index (χ1) is 12.3. The molecule has 0 bridgehead atoms. The number of nitrogens with zero attached hydrogens (tertiary/aromatic N) is 2. The minimum Gasteiger partial charge on any atom is -0.340 e. The van der Waals surface area contributed by atoms with Crippen molar-refractivity contribution in [2.45, 2.75) is 51.1 Å². The van der Waals surface area contributed by atoms with Crippen LogP contribution in [0.3, 0.4) is 0 Å². The van der Waals surface area contributed by atoms with E-state index in [9.17, 15) is 13.6 Å². The monoisotopic (exact) mass is 364 g/mol. The maximum absolute atomic E-state index is 13.8. The van der Waals surface area contributed by atoms with Crippen LogP contribution in [0, 0.1) is 17.6 Å². The molecule has 1 heterocycles. The van der Waals surface area contributed by atoms with E-state index in [1.54, 1.807) is 0 Å². The Hall–Kier alpha value is -2.35. The summed E-state index contributed by atoms with van der Waals surface area (Å²) in [5.74, 6) is -2.29. The van der Waals surface area contributed by atoms with E-state index in [-0.39, 0.29) is 11.8 Å². The summed E-state index contributed by atoms with van der Waals surface area (Å²) in [4.78, 5) is 16.8. The molecule has 1 amide bonds. The number of nitrogens with one attached hydrogen (secondary N) is 1. The fourth-order valence-corrected chi connectivity index (χ4v) is 3.23. The van der Waals surface area contributed by atoms with Crippen molar-refractivity contribution in [3.05, 3.63) is 47.1 Å². The lowest BCUT2D eigenvalue weighted by molar-refractivity contribution is 0.0905. The van der Waals surface area contributed by atoms with Gasteiger partial charge in [0.2, 0.25) is 5.89 Å². The summed E-state index contributed by atoms with van der Waals surface area (Å²) in [6.07, 6.45) is 3.53. The molecule has 0 spiro atoms. The average Bonchev–Trinajstić information content (AvgIpc) is 3.22. The maximum atomic E-state index is 13.8. The van der Waals surface area contributed by atoms with Gasteiger partial charge in [-0.2, -0.15) is 4.98 Å². The van der Waals surface area contributed by atoms with Gasteiger partial charge < -0.3 is 15.6 Å². The molecule has 0 saturated heterocycles. The Kier molecular flexibility index (Phi) is 5.04. The van der Waals surface area contributed by atoms with Crippen molar-refractivity contribution in [1.29, 1.82) is 0 Å². The van der Waals surface area contributed by atoms with Crippen LogP contribution < -0.4 is 11.1 Å². The SMILES string of the molecule is CC(C)C(NC(=O)c1c(F)cccc1F)c1nc(C2(N)CCCC2)no1. The highest BCUT2D eigenvalue weighted by atomic mass is 19.1. The van der Waals surface area contributed by atoms with E-state index in [4.69, 9.17) is 10.3 Å². The van der Waals surface area contributed by atoms with Gasteiger partial charge in [0.25, 0.3) is 5.91 Å². The zero-order valence-electron chi connectivity index (χ0n) is 14.8. The molecule has 1 fully saturated rings. The van der Waals surface area contributed by atoms with Crippen LogP contribution in [0.25, 0.3) is 0 Å². The lowest BCUT2D eigenvalue weighted by Crippen LogP contribution is -2.35. The van der Waals surface area contributed by atoms with Gasteiger partial charge in [-0.05, 0) is 30.9 Å². The Labute approximate surface area is 150 Å². The predicted molar refractivity (Wildman–Crippen MR) is 90.0 cm³/mol. The van der Waals surface area contributed by atoms with Crippen LogP contribution in [0.4, 0.5) is 8.78 Å². The molecule has 0 aliphatic heterocycles. The maximum Gasteiger partial charge on any atom is 0.257 e. The van der Waals surface area contributed by atoms with E-state index in [2.05, 4.69) is 15.5 Å². The molecule has 0 radical (unpaired) electrons. The number of carbonyl (C=O) groups excluding carboxylic acids is 1. The first-order valence-electron chi connectivity index (χ1n) is 8.69. The highest BCUT2D eigenvalue weighted by molar-refractivity contribution is 5.94. The average molecular weight is 364 g/mol. The number of amides is 1. The van der Waals surface area contributed by atoms with Gasteiger partial charge in [-0.25, -0.2) is 8.78 Å². The van der Waals surface area contributed by atoms with Gasteiger partial charge >= 0.3 is 0 Å². The third-order valence-corrected chi connectivity index (χ3v) is 4.79. The van der Waals surface area contributed by atoms with Gasteiger partial charge in [0.15, 0.2) is 5.82 Å². The van der Waals surface area contributed by atoms with Crippen molar-refractivity contribution in [2.24, 2.45) is 11.7 Å². The Morgan fingerprint density at radius 1 is 1.27 bits per heavy atom. The fraction of sp³-hybridized carbons (Fsp3) is 0.500. The van der Waals surface area contributed by atoms with Gasteiger partial charge in [-0.1, -0.05) is 37.9 Å². The molecular weight excluding hydrogens is 342 g/mol. The molecule has 1 aliphatic carbocycles. The van der Waals surface area contributed by atoms with E-state index >= 15 is 0 Å². The van der Waals surface area contributed by atoms with E-state index in [0.29, 0.717) is 5.82 Å². The van der Waals surface area contributed by atoms with Crippen molar-refractivity contribution in [3.8, 4) is 0 Å². The molecule has 2 aromatic rings. The fourth-order valence-electron chi connectivity index (χ4n) is 3.23. The zero-order chi connectivity index (χ0) is 18.9. The molecule has 26 heavy (non-hydrogen) atoms. The van der Waals surface area contributed by atoms with Crippen LogP contribution in [-0.2, 0) is 5.54 Å². The highest BCUT2D eigenvalue weighted by Crippen LogP contribution is 2.35. The summed E-state index contributed by atoms with van der Waals surface area (Å²) in [7, 11) is 0. The summed E-state index contributed by atoms with van der Waals surface area (Å²) in [5, 5.41) is 6.57. The Morgan fingerprint density at radius 2 is 1.88 bits per heavy atom. The van der Waals surface area contributed by atoms with Gasteiger partial charge in [-0.15, -0.1) is 0 Å². The van der Waals surface area contributed by atoms with Crippen molar-refractivity contribution >= 4 is 5.91 Å². The summed E-state index contributed by atoms with van der Waals surface area (Å²) in [5.41, 5.74) is 5.08. The lowest BCUT2D eigenvalue weighted by atomic mass is 9.98. The molecule has 1 aromatic heterocycles. The summed E-state index contributed by atoms with van der Waals surface area (Å²) in [6, 6.07) is 2.58. The quantitative estimate of drug-likeness (QED) is 0.850. The zero-order valence-corrected chi connectivity index (χ0v) is 14.8. The minimum atomic E-state index is -0.928. The molecule has 140 valence electrons. The van der Waals surface area contributed by atoms with Crippen LogP contribution >= 0.6 is 0 Å². The molecule has 1 aromatic carbocycles. The van der Waals surface area contributed by atoms with Crippen LogP contribution in [-0.4, -0.2) is 16.0 Å². The topological polar surface area (TPSA) is 94.0 Å². The molecule has 1 saturated carbocycles. The molecule has 1 aliphatic rings. The second kappa shape index (κ2) is 7.11. The van der Waals surface area contributed by atoms with Crippen LogP contribution in [0.1, 0.15) is 67.6 Å². The van der Waals surface area contributed by atoms with Crippen LogP contribution in [0.5, 0.6) is 0 Å². The molecule has 3 rings (SSSR count). The molecule has 1 unspecified atom stereocenters. The number of hydrogen-bond acceptors (Lipinski definition) is 5. The van der Waals surface area contributed by atoms with Crippen molar-refractivity contribution in [2.75, 3.05) is 0 Å². The minimum absolute atomic E-state index is 0.139. The van der Waals surface area contributed by atoms with Gasteiger partial charge in [0, 0.05) is 0 Å². The smallest absolute Gasteiger partial charge is 0.257 e. The normalized spacial score (nSPS) is 17.5. The van der Waals surface area contributed by atoms with E-state index < -0.39 is 34.7 Å². The Bertz CT molecular complexity index is 780. The molecular formula is C18H22F2N4O2. The number of rotatable bonds is 5. The molecule has 1 atom stereocenters. The summed E-state index contributed by atoms with van der Waals surface area (Å²) >= 11 is 0. The lowest BCUT2D eigenvalue weighted by Gasteiger charge is -2.20. The number of carbonyl (C=O) groups is 1. The number of nitrogens with two attached hydrogens (primary N) is 1. The third-order valence-electron chi connectivity index (χ3n) is 4.79.